The molecule has 2 aromatic heterocycles. The Kier molecular flexibility index (Phi) is 2.94. The van der Waals surface area contributed by atoms with Crippen molar-refractivity contribution in [3.05, 3.63) is 47.5 Å². The standard InChI is InChI=1S/C17H16N4OS/c1-17(18)20-16(22)15-13(21(17)2)9-14(23-15)11-7-8-19-12-6-4-3-5-10(11)12/h3-9H,18H2,1-2H3,(H,20,22). The Hall–Kier alpha value is -2.44. The topological polar surface area (TPSA) is 71.2 Å². The lowest BCUT2D eigenvalue weighted by Crippen LogP contribution is -2.66. The number of amides is 1. The Bertz CT molecular complexity index is 926. The maximum absolute atomic E-state index is 12.3. The number of benzene rings is 1. The maximum atomic E-state index is 12.3. The molecule has 0 saturated heterocycles. The van der Waals surface area contributed by atoms with Crippen LogP contribution in [-0.2, 0) is 0 Å². The summed E-state index contributed by atoms with van der Waals surface area (Å²) in [5.41, 5.74) is 9.04. The van der Waals surface area contributed by atoms with Crippen molar-refractivity contribution in [2.24, 2.45) is 5.73 Å². The Morgan fingerprint density at radius 2 is 2.09 bits per heavy atom. The van der Waals surface area contributed by atoms with Crippen LogP contribution in [-0.4, -0.2) is 23.7 Å². The van der Waals surface area contributed by atoms with Crippen molar-refractivity contribution in [1.29, 1.82) is 0 Å². The van der Waals surface area contributed by atoms with E-state index in [1.54, 1.807) is 13.1 Å². The van der Waals surface area contributed by atoms with E-state index in [2.05, 4.69) is 10.3 Å². The van der Waals surface area contributed by atoms with Crippen molar-refractivity contribution in [2.45, 2.75) is 12.7 Å². The summed E-state index contributed by atoms with van der Waals surface area (Å²) in [6, 6.07) is 12.0. The molecule has 3 N–H and O–H groups in total. The number of nitrogens with zero attached hydrogens (tertiary/aromatic N) is 2. The Morgan fingerprint density at radius 1 is 1.30 bits per heavy atom. The second-order valence-electron chi connectivity index (χ2n) is 5.86. The van der Waals surface area contributed by atoms with E-state index in [-0.39, 0.29) is 5.91 Å². The third-order valence-corrected chi connectivity index (χ3v) is 5.41. The monoisotopic (exact) mass is 324 g/mol. The van der Waals surface area contributed by atoms with Crippen molar-refractivity contribution < 1.29 is 4.79 Å². The quantitative estimate of drug-likeness (QED) is 0.722. The highest BCUT2D eigenvalue weighted by molar-refractivity contribution is 7.18. The van der Waals surface area contributed by atoms with E-state index in [1.165, 1.54) is 11.3 Å². The van der Waals surface area contributed by atoms with Crippen LogP contribution in [0.5, 0.6) is 0 Å². The molecule has 1 unspecified atom stereocenters. The molecule has 116 valence electrons. The van der Waals surface area contributed by atoms with Crippen LogP contribution in [0.25, 0.3) is 21.3 Å². The molecule has 0 saturated carbocycles. The summed E-state index contributed by atoms with van der Waals surface area (Å²) in [6.07, 6.45) is 1.80. The van der Waals surface area contributed by atoms with Crippen molar-refractivity contribution in [3.63, 3.8) is 0 Å². The fourth-order valence-electron chi connectivity index (χ4n) is 2.86. The number of thiophene rings is 1. The summed E-state index contributed by atoms with van der Waals surface area (Å²) in [5, 5.41) is 3.90. The minimum atomic E-state index is -0.886. The fraction of sp³-hybridized carbons (Fsp3) is 0.176. The molecule has 23 heavy (non-hydrogen) atoms. The van der Waals surface area contributed by atoms with E-state index >= 15 is 0 Å². The molecule has 4 rings (SSSR count). The molecular formula is C17H16N4OS. The van der Waals surface area contributed by atoms with Gasteiger partial charge >= 0.3 is 0 Å². The lowest BCUT2D eigenvalue weighted by molar-refractivity contribution is 0.0900. The highest BCUT2D eigenvalue weighted by Crippen LogP contribution is 2.41. The highest BCUT2D eigenvalue weighted by atomic mass is 32.1. The highest BCUT2D eigenvalue weighted by Gasteiger charge is 2.36. The number of carbonyl (C=O) groups is 1. The number of pyridine rings is 1. The van der Waals surface area contributed by atoms with Gasteiger partial charge in [-0.1, -0.05) is 18.2 Å². The average Bonchev–Trinajstić information content (AvgIpc) is 2.97. The number of hydrogen-bond acceptors (Lipinski definition) is 5. The molecule has 1 atom stereocenters. The summed E-state index contributed by atoms with van der Waals surface area (Å²) in [7, 11) is 1.89. The van der Waals surface area contributed by atoms with Crippen molar-refractivity contribution >= 4 is 33.8 Å². The first-order valence-corrected chi connectivity index (χ1v) is 8.12. The number of hydrogen-bond donors (Lipinski definition) is 2. The van der Waals surface area contributed by atoms with Crippen LogP contribution in [0.15, 0.2) is 42.6 Å². The first kappa shape index (κ1) is 14.2. The second kappa shape index (κ2) is 4.78. The first-order valence-electron chi connectivity index (χ1n) is 7.30. The molecule has 0 bridgehead atoms. The Morgan fingerprint density at radius 3 is 2.91 bits per heavy atom. The third kappa shape index (κ3) is 2.10. The van der Waals surface area contributed by atoms with Gasteiger partial charge in [-0.25, -0.2) is 0 Å². The predicted octanol–water partition coefficient (Wildman–Crippen LogP) is 2.78. The van der Waals surface area contributed by atoms with E-state index in [9.17, 15) is 4.79 Å². The molecule has 1 aliphatic heterocycles. The minimum absolute atomic E-state index is 0.127. The summed E-state index contributed by atoms with van der Waals surface area (Å²) < 4.78 is 0. The zero-order chi connectivity index (χ0) is 16.2. The van der Waals surface area contributed by atoms with Gasteiger partial charge in [0.2, 0.25) is 0 Å². The molecular weight excluding hydrogens is 308 g/mol. The number of carbonyl (C=O) groups excluding carboxylic acids is 1. The van der Waals surface area contributed by atoms with Gasteiger partial charge in [0.25, 0.3) is 5.91 Å². The van der Waals surface area contributed by atoms with Gasteiger partial charge in [0.1, 0.15) is 4.88 Å². The largest absolute Gasteiger partial charge is 0.339 e. The summed E-state index contributed by atoms with van der Waals surface area (Å²) in [5.74, 6) is -1.01. The molecule has 6 heteroatoms. The number of rotatable bonds is 1. The number of aromatic nitrogens is 1. The van der Waals surface area contributed by atoms with Crippen LogP contribution < -0.4 is 16.0 Å². The molecule has 3 aromatic rings. The molecule has 3 heterocycles. The maximum Gasteiger partial charge on any atom is 0.266 e. The number of anilines is 1. The summed E-state index contributed by atoms with van der Waals surface area (Å²) >= 11 is 1.48. The van der Waals surface area contributed by atoms with E-state index < -0.39 is 5.79 Å². The summed E-state index contributed by atoms with van der Waals surface area (Å²) in [4.78, 5) is 20.4. The van der Waals surface area contributed by atoms with Gasteiger partial charge in [0.15, 0.2) is 5.79 Å². The lowest BCUT2D eigenvalue weighted by atomic mass is 10.1. The van der Waals surface area contributed by atoms with Crippen molar-refractivity contribution in [1.82, 2.24) is 10.3 Å². The van der Waals surface area contributed by atoms with Gasteiger partial charge in [-0.15, -0.1) is 11.3 Å². The van der Waals surface area contributed by atoms with Gasteiger partial charge in [-0.05, 0) is 25.1 Å². The molecule has 1 amide bonds. The van der Waals surface area contributed by atoms with Gasteiger partial charge < -0.3 is 10.2 Å². The van der Waals surface area contributed by atoms with Gasteiger partial charge in [0.05, 0.1) is 11.2 Å². The number of fused-ring (bicyclic) bond motifs is 2. The fourth-order valence-corrected chi connectivity index (χ4v) is 3.98. The average molecular weight is 324 g/mol. The first-order chi connectivity index (χ1) is 11.0. The second-order valence-corrected chi connectivity index (χ2v) is 6.91. The third-order valence-electron chi connectivity index (χ3n) is 4.26. The van der Waals surface area contributed by atoms with Gasteiger partial charge in [-0.2, -0.15) is 0 Å². The van der Waals surface area contributed by atoms with E-state index in [0.717, 1.165) is 27.0 Å². The lowest BCUT2D eigenvalue weighted by Gasteiger charge is -2.40. The normalized spacial score (nSPS) is 20.5. The minimum Gasteiger partial charge on any atom is -0.339 e. The summed E-state index contributed by atoms with van der Waals surface area (Å²) in [6.45, 7) is 1.78. The molecule has 1 aromatic carbocycles. The molecule has 1 aliphatic rings. The van der Waals surface area contributed by atoms with E-state index in [0.29, 0.717) is 4.88 Å². The number of para-hydroxylation sites is 1. The van der Waals surface area contributed by atoms with Crippen LogP contribution in [0.4, 0.5) is 5.69 Å². The smallest absolute Gasteiger partial charge is 0.266 e. The Labute approximate surface area is 137 Å². The number of nitrogens with one attached hydrogen (secondary N) is 1. The van der Waals surface area contributed by atoms with Crippen molar-refractivity contribution in [2.75, 3.05) is 11.9 Å². The van der Waals surface area contributed by atoms with Crippen LogP contribution in [0.1, 0.15) is 16.6 Å². The molecule has 0 radical (unpaired) electrons. The Balaban J connectivity index is 1.92. The SMILES string of the molecule is CN1c2cc(-c3ccnc4ccccc34)sc2C(=O)NC1(C)N. The molecule has 0 spiro atoms. The van der Waals surface area contributed by atoms with Crippen LogP contribution in [0, 0.1) is 0 Å². The predicted molar refractivity (Wildman–Crippen MR) is 93.5 cm³/mol. The van der Waals surface area contributed by atoms with Crippen LogP contribution >= 0.6 is 11.3 Å². The van der Waals surface area contributed by atoms with E-state index in [4.69, 9.17) is 5.73 Å². The zero-order valence-corrected chi connectivity index (χ0v) is 13.6. The number of nitrogens with two attached hydrogens (primary N) is 1. The zero-order valence-electron chi connectivity index (χ0n) is 12.8. The van der Waals surface area contributed by atoms with Crippen molar-refractivity contribution in [3.8, 4) is 10.4 Å². The van der Waals surface area contributed by atoms with Gasteiger partial charge in [0, 0.05) is 29.1 Å². The molecule has 0 aliphatic carbocycles. The van der Waals surface area contributed by atoms with Crippen LogP contribution in [0.2, 0.25) is 0 Å². The van der Waals surface area contributed by atoms with Crippen LogP contribution in [0.3, 0.4) is 0 Å². The van der Waals surface area contributed by atoms with Gasteiger partial charge in [-0.3, -0.25) is 15.5 Å². The molecule has 0 fully saturated rings. The van der Waals surface area contributed by atoms with E-state index in [1.807, 2.05) is 48.3 Å². The molecule has 5 nitrogen and oxygen atoms in total.